The van der Waals surface area contributed by atoms with Crippen molar-refractivity contribution >= 4 is 23.6 Å². The van der Waals surface area contributed by atoms with Crippen LogP contribution in [-0.2, 0) is 4.74 Å². The molecule has 0 aliphatic heterocycles. The van der Waals surface area contributed by atoms with Crippen LogP contribution in [0.15, 0.2) is 18.2 Å². The van der Waals surface area contributed by atoms with Gasteiger partial charge in [-0.15, -0.1) is 0 Å². The number of hydrogen-bond donors (Lipinski definition) is 2. The molecule has 0 unspecified atom stereocenters. The molecule has 6 heteroatoms. The maximum atomic E-state index is 12.3. The van der Waals surface area contributed by atoms with Gasteiger partial charge in [0.2, 0.25) is 0 Å². The van der Waals surface area contributed by atoms with Gasteiger partial charge in [0.05, 0.1) is 10.6 Å². The quantitative estimate of drug-likeness (QED) is 0.818. The van der Waals surface area contributed by atoms with Crippen LogP contribution in [0.2, 0.25) is 5.02 Å². The molecule has 0 aromatic heterocycles. The molecular weight excluding hydrogens is 340 g/mol. The molecule has 1 aliphatic carbocycles. The Morgan fingerprint density at radius 3 is 2.44 bits per heavy atom. The molecular formula is C19H27ClN2O3. The minimum absolute atomic E-state index is 0.150. The number of amides is 2. The summed E-state index contributed by atoms with van der Waals surface area (Å²) in [6.45, 7) is 7.42. The average Bonchev–Trinajstić information content (AvgIpc) is 2.97. The first-order valence-corrected chi connectivity index (χ1v) is 9.12. The number of ether oxygens (including phenoxy) is 1. The smallest absolute Gasteiger partial charge is 0.408 e. The molecule has 1 atom stereocenters. The molecule has 0 spiro atoms. The van der Waals surface area contributed by atoms with Gasteiger partial charge in [0.15, 0.2) is 0 Å². The monoisotopic (exact) mass is 366 g/mol. The number of halogens is 1. The van der Waals surface area contributed by atoms with Crippen LogP contribution in [0.4, 0.5) is 4.79 Å². The van der Waals surface area contributed by atoms with E-state index in [0.29, 0.717) is 10.6 Å². The first-order chi connectivity index (χ1) is 11.7. The highest BCUT2D eigenvalue weighted by atomic mass is 35.5. The number of benzene rings is 1. The molecule has 5 nitrogen and oxygen atoms in total. The maximum absolute atomic E-state index is 12.3. The predicted octanol–water partition coefficient (Wildman–Crippen LogP) is 4.60. The number of rotatable bonds is 4. The molecule has 0 heterocycles. The van der Waals surface area contributed by atoms with Gasteiger partial charge in [-0.25, -0.2) is 4.79 Å². The maximum Gasteiger partial charge on any atom is 0.408 e. The standard InChI is InChI=1S/C19H27ClN2O3/c1-12(25-18(24)22-19(2,3)4)13-9-10-15(16(20)11-13)17(23)21-14-7-5-6-8-14/h9-12,14H,5-8H2,1-4H3,(H,21,23)(H,22,24)/t12-/m0/s1. The van der Waals surface area contributed by atoms with Crippen molar-refractivity contribution in [2.24, 2.45) is 0 Å². The van der Waals surface area contributed by atoms with Gasteiger partial charge >= 0.3 is 6.09 Å². The molecule has 1 fully saturated rings. The summed E-state index contributed by atoms with van der Waals surface area (Å²) in [4.78, 5) is 24.2. The summed E-state index contributed by atoms with van der Waals surface area (Å²) in [5.41, 5.74) is 0.825. The molecule has 0 bridgehead atoms. The Balaban J connectivity index is 2.00. The lowest BCUT2D eigenvalue weighted by atomic mass is 10.1. The Kier molecular flexibility index (Phi) is 6.33. The fraction of sp³-hybridized carbons (Fsp3) is 0.579. The van der Waals surface area contributed by atoms with Gasteiger partial charge in [0.25, 0.3) is 5.91 Å². The molecule has 1 aliphatic rings. The zero-order valence-corrected chi connectivity index (χ0v) is 16.1. The Morgan fingerprint density at radius 2 is 1.88 bits per heavy atom. The summed E-state index contributed by atoms with van der Waals surface area (Å²) in [6.07, 6.45) is 3.40. The molecule has 2 amide bonds. The summed E-state index contributed by atoms with van der Waals surface area (Å²) >= 11 is 6.28. The second-order valence-electron chi connectivity index (χ2n) is 7.62. The van der Waals surface area contributed by atoms with Crippen LogP contribution in [0.5, 0.6) is 0 Å². The largest absolute Gasteiger partial charge is 0.442 e. The number of carbonyl (C=O) groups is 2. The zero-order valence-electron chi connectivity index (χ0n) is 15.3. The minimum atomic E-state index is -0.487. The summed E-state index contributed by atoms with van der Waals surface area (Å²) in [5, 5.41) is 6.13. The number of nitrogens with one attached hydrogen (secondary N) is 2. The van der Waals surface area contributed by atoms with Crippen molar-refractivity contribution in [3.63, 3.8) is 0 Å². The van der Waals surface area contributed by atoms with E-state index < -0.39 is 12.2 Å². The Labute approximate surface area is 154 Å². The number of hydrogen-bond acceptors (Lipinski definition) is 3. The minimum Gasteiger partial charge on any atom is -0.442 e. The molecule has 1 aromatic carbocycles. The third kappa shape index (κ3) is 5.92. The highest BCUT2D eigenvalue weighted by molar-refractivity contribution is 6.33. The molecule has 2 N–H and O–H groups in total. The van der Waals surface area contributed by atoms with E-state index in [-0.39, 0.29) is 17.5 Å². The second kappa shape index (κ2) is 8.09. The SMILES string of the molecule is C[C@H](OC(=O)NC(C)(C)C)c1ccc(C(=O)NC2CCCC2)c(Cl)c1. The molecule has 2 rings (SSSR count). The summed E-state index contributed by atoms with van der Waals surface area (Å²) < 4.78 is 5.37. The highest BCUT2D eigenvalue weighted by Crippen LogP contribution is 2.25. The lowest BCUT2D eigenvalue weighted by Gasteiger charge is -2.22. The van der Waals surface area contributed by atoms with E-state index in [9.17, 15) is 9.59 Å². The van der Waals surface area contributed by atoms with Crippen LogP contribution >= 0.6 is 11.6 Å². The van der Waals surface area contributed by atoms with Gasteiger partial charge in [-0.1, -0.05) is 30.5 Å². The van der Waals surface area contributed by atoms with Crippen molar-refractivity contribution in [2.75, 3.05) is 0 Å². The summed E-state index contributed by atoms with van der Waals surface area (Å²) in [6, 6.07) is 5.38. The van der Waals surface area contributed by atoms with Crippen molar-refractivity contribution in [3.05, 3.63) is 34.3 Å². The first kappa shape index (κ1) is 19.6. The predicted molar refractivity (Wildman–Crippen MR) is 99.0 cm³/mol. The van der Waals surface area contributed by atoms with E-state index in [1.54, 1.807) is 25.1 Å². The second-order valence-corrected chi connectivity index (χ2v) is 8.02. The fourth-order valence-electron chi connectivity index (χ4n) is 2.87. The van der Waals surface area contributed by atoms with Crippen LogP contribution in [0.1, 0.15) is 75.4 Å². The molecule has 0 saturated heterocycles. The molecule has 138 valence electrons. The van der Waals surface area contributed by atoms with Crippen LogP contribution in [0.25, 0.3) is 0 Å². The number of carbonyl (C=O) groups excluding carboxylic acids is 2. The van der Waals surface area contributed by atoms with Gasteiger partial charge in [0.1, 0.15) is 6.10 Å². The zero-order chi connectivity index (χ0) is 18.6. The van der Waals surface area contributed by atoms with E-state index in [4.69, 9.17) is 16.3 Å². The van der Waals surface area contributed by atoms with Crippen molar-refractivity contribution in [2.45, 2.75) is 71.1 Å². The topological polar surface area (TPSA) is 67.4 Å². The van der Waals surface area contributed by atoms with Gasteiger partial charge in [-0.2, -0.15) is 0 Å². The molecule has 1 saturated carbocycles. The van der Waals surface area contributed by atoms with Crippen LogP contribution in [-0.4, -0.2) is 23.6 Å². The first-order valence-electron chi connectivity index (χ1n) is 8.75. The van der Waals surface area contributed by atoms with E-state index in [0.717, 1.165) is 31.2 Å². The average molecular weight is 367 g/mol. The van der Waals surface area contributed by atoms with Crippen LogP contribution in [0.3, 0.4) is 0 Å². The van der Waals surface area contributed by atoms with Crippen molar-refractivity contribution in [3.8, 4) is 0 Å². The van der Waals surface area contributed by atoms with Crippen molar-refractivity contribution in [1.82, 2.24) is 10.6 Å². The third-order valence-electron chi connectivity index (χ3n) is 4.16. The van der Waals surface area contributed by atoms with Crippen LogP contribution in [0, 0.1) is 0 Å². The van der Waals surface area contributed by atoms with Crippen molar-refractivity contribution in [1.29, 1.82) is 0 Å². The van der Waals surface area contributed by atoms with E-state index in [2.05, 4.69) is 10.6 Å². The third-order valence-corrected chi connectivity index (χ3v) is 4.47. The van der Waals surface area contributed by atoms with Gasteiger partial charge in [0, 0.05) is 11.6 Å². The Morgan fingerprint density at radius 1 is 1.24 bits per heavy atom. The molecule has 1 aromatic rings. The number of alkyl carbamates (subject to hydrolysis) is 1. The normalized spacial score (nSPS) is 16.4. The van der Waals surface area contributed by atoms with Crippen molar-refractivity contribution < 1.29 is 14.3 Å². The van der Waals surface area contributed by atoms with E-state index in [1.165, 1.54) is 0 Å². The lowest BCUT2D eigenvalue weighted by molar-refractivity contribution is 0.0933. The Bertz CT molecular complexity index is 634. The lowest BCUT2D eigenvalue weighted by Crippen LogP contribution is -2.41. The molecule has 0 radical (unpaired) electrons. The molecule has 25 heavy (non-hydrogen) atoms. The van der Waals surface area contributed by atoms with Gasteiger partial charge in [-0.05, 0) is 58.2 Å². The van der Waals surface area contributed by atoms with E-state index >= 15 is 0 Å². The summed E-state index contributed by atoms with van der Waals surface area (Å²) in [5.74, 6) is -0.150. The fourth-order valence-corrected chi connectivity index (χ4v) is 3.14. The highest BCUT2D eigenvalue weighted by Gasteiger charge is 2.21. The Hall–Kier alpha value is -1.75. The summed E-state index contributed by atoms with van der Waals surface area (Å²) in [7, 11) is 0. The van der Waals surface area contributed by atoms with E-state index in [1.807, 2.05) is 20.8 Å². The van der Waals surface area contributed by atoms with Gasteiger partial charge in [-0.3, -0.25) is 4.79 Å². The van der Waals surface area contributed by atoms with Crippen LogP contribution < -0.4 is 10.6 Å². The van der Waals surface area contributed by atoms with Gasteiger partial charge < -0.3 is 15.4 Å².